The topological polar surface area (TPSA) is 92.8 Å². The molecule has 3 aromatic rings. The highest BCUT2D eigenvalue weighted by Crippen LogP contribution is 2.26. The number of esters is 1. The zero-order valence-corrected chi connectivity index (χ0v) is 17.0. The highest BCUT2D eigenvalue weighted by Gasteiger charge is 2.36. The lowest BCUT2D eigenvalue weighted by atomic mass is 10.1. The molecular formula is C24H16F2N2O5. The van der Waals surface area contributed by atoms with Gasteiger partial charge in [-0.3, -0.25) is 19.3 Å². The second-order valence-corrected chi connectivity index (χ2v) is 7.19. The van der Waals surface area contributed by atoms with Gasteiger partial charge in [0.2, 0.25) is 0 Å². The summed E-state index contributed by atoms with van der Waals surface area (Å²) in [6, 6.07) is 15.4. The Kier molecular flexibility index (Phi) is 5.95. The van der Waals surface area contributed by atoms with Crippen molar-refractivity contribution in [1.29, 1.82) is 0 Å². The maximum absolute atomic E-state index is 13.6. The molecule has 1 N–H and O–H groups in total. The molecule has 0 spiro atoms. The first-order chi connectivity index (χ1) is 15.8. The summed E-state index contributed by atoms with van der Waals surface area (Å²) in [6.45, 7) is -0.678. The standard InChI is InChI=1S/C24H16F2N2O5/c25-16-7-9-19(26)20(11-16)27-21(29)13-33-24(32)15-6-8-17-18(10-15)23(31)28(22(17)30)12-14-4-2-1-3-5-14/h1-11H,12-13H2,(H,27,29). The van der Waals surface area contributed by atoms with Crippen LogP contribution < -0.4 is 5.32 Å². The second-order valence-electron chi connectivity index (χ2n) is 7.19. The minimum atomic E-state index is -0.922. The highest BCUT2D eigenvalue weighted by molar-refractivity contribution is 6.21. The fourth-order valence-electron chi connectivity index (χ4n) is 3.32. The molecule has 0 aliphatic carbocycles. The molecule has 3 amide bonds. The summed E-state index contributed by atoms with van der Waals surface area (Å²) < 4.78 is 31.7. The van der Waals surface area contributed by atoms with E-state index in [9.17, 15) is 28.0 Å². The predicted octanol–water partition coefficient (Wildman–Crippen LogP) is 3.56. The molecule has 7 nitrogen and oxygen atoms in total. The number of halogens is 2. The number of fused-ring (bicyclic) bond motifs is 1. The van der Waals surface area contributed by atoms with Crippen molar-refractivity contribution in [2.75, 3.05) is 11.9 Å². The van der Waals surface area contributed by atoms with Gasteiger partial charge in [-0.05, 0) is 35.9 Å². The number of amides is 3. The van der Waals surface area contributed by atoms with E-state index < -0.39 is 47.6 Å². The SMILES string of the molecule is O=C(COC(=O)c1ccc2c(c1)C(=O)N(Cc1ccccc1)C2=O)Nc1cc(F)ccc1F. The van der Waals surface area contributed by atoms with E-state index in [2.05, 4.69) is 5.32 Å². The summed E-state index contributed by atoms with van der Waals surface area (Å²) in [5, 5.41) is 2.10. The van der Waals surface area contributed by atoms with Crippen molar-refractivity contribution in [1.82, 2.24) is 4.90 Å². The summed E-state index contributed by atoms with van der Waals surface area (Å²) in [4.78, 5) is 50.7. The van der Waals surface area contributed by atoms with Crippen LogP contribution in [0.1, 0.15) is 36.6 Å². The quantitative estimate of drug-likeness (QED) is 0.458. The molecule has 0 unspecified atom stereocenters. The third-order valence-electron chi connectivity index (χ3n) is 4.93. The molecule has 9 heteroatoms. The van der Waals surface area contributed by atoms with Crippen LogP contribution in [0.15, 0.2) is 66.7 Å². The zero-order valence-electron chi connectivity index (χ0n) is 17.0. The van der Waals surface area contributed by atoms with Gasteiger partial charge in [-0.15, -0.1) is 0 Å². The van der Waals surface area contributed by atoms with E-state index in [4.69, 9.17) is 4.74 Å². The summed E-state index contributed by atoms with van der Waals surface area (Å²) in [7, 11) is 0. The van der Waals surface area contributed by atoms with Crippen LogP contribution in [-0.4, -0.2) is 35.2 Å². The van der Waals surface area contributed by atoms with Crippen molar-refractivity contribution in [2.24, 2.45) is 0 Å². The van der Waals surface area contributed by atoms with E-state index >= 15 is 0 Å². The van der Waals surface area contributed by atoms with Gasteiger partial charge in [-0.2, -0.15) is 0 Å². The number of carbonyl (C=O) groups excluding carboxylic acids is 4. The average Bonchev–Trinajstić information content (AvgIpc) is 3.05. The van der Waals surface area contributed by atoms with Crippen molar-refractivity contribution in [3.05, 3.63) is 101 Å². The summed E-state index contributed by atoms with van der Waals surface area (Å²) in [5.41, 5.74) is 0.549. The summed E-state index contributed by atoms with van der Waals surface area (Å²) >= 11 is 0. The van der Waals surface area contributed by atoms with Crippen LogP contribution in [0.4, 0.5) is 14.5 Å². The van der Waals surface area contributed by atoms with Gasteiger partial charge in [-0.25, -0.2) is 13.6 Å². The van der Waals surface area contributed by atoms with Crippen LogP contribution in [0, 0.1) is 11.6 Å². The van der Waals surface area contributed by atoms with Gasteiger partial charge in [0, 0.05) is 6.07 Å². The fraction of sp³-hybridized carbons (Fsp3) is 0.0833. The van der Waals surface area contributed by atoms with Gasteiger partial charge in [-0.1, -0.05) is 30.3 Å². The molecule has 1 aliphatic rings. The molecule has 0 saturated carbocycles. The van der Waals surface area contributed by atoms with Crippen LogP contribution in [0.3, 0.4) is 0 Å². The van der Waals surface area contributed by atoms with E-state index in [-0.39, 0.29) is 23.2 Å². The summed E-state index contributed by atoms with van der Waals surface area (Å²) in [5.74, 6) is -4.42. The number of rotatable bonds is 6. The number of imide groups is 1. The Bertz CT molecular complexity index is 1280. The number of ether oxygens (including phenoxy) is 1. The molecule has 33 heavy (non-hydrogen) atoms. The Morgan fingerprint density at radius 1 is 0.879 bits per heavy atom. The number of carbonyl (C=O) groups is 4. The van der Waals surface area contributed by atoms with Crippen molar-refractivity contribution in [3.63, 3.8) is 0 Å². The number of hydrogen-bond acceptors (Lipinski definition) is 5. The molecular weight excluding hydrogens is 434 g/mol. The average molecular weight is 450 g/mol. The maximum Gasteiger partial charge on any atom is 0.338 e. The molecule has 1 aliphatic heterocycles. The van der Waals surface area contributed by atoms with Crippen molar-refractivity contribution in [3.8, 4) is 0 Å². The maximum atomic E-state index is 13.6. The zero-order chi connectivity index (χ0) is 23.5. The Hall–Kier alpha value is -4.40. The fourth-order valence-corrected chi connectivity index (χ4v) is 3.32. The van der Waals surface area contributed by atoms with Gasteiger partial charge < -0.3 is 10.1 Å². The lowest BCUT2D eigenvalue weighted by Gasteiger charge is -2.13. The number of nitrogens with zero attached hydrogens (tertiary/aromatic N) is 1. The van der Waals surface area contributed by atoms with Crippen LogP contribution in [0.2, 0.25) is 0 Å². The van der Waals surface area contributed by atoms with Crippen molar-refractivity contribution >= 4 is 29.4 Å². The van der Waals surface area contributed by atoms with Crippen LogP contribution in [0.25, 0.3) is 0 Å². The minimum absolute atomic E-state index is 0.0406. The monoisotopic (exact) mass is 450 g/mol. The second kappa shape index (κ2) is 8.99. The molecule has 3 aromatic carbocycles. The van der Waals surface area contributed by atoms with Gasteiger partial charge in [0.1, 0.15) is 11.6 Å². The highest BCUT2D eigenvalue weighted by atomic mass is 19.1. The first-order valence-corrected chi connectivity index (χ1v) is 9.79. The van der Waals surface area contributed by atoms with Gasteiger partial charge >= 0.3 is 5.97 Å². The van der Waals surface area contributed by atoms with Crippen LogP contribution in [0.5, 0.6) is 0 Å². The Balaban J connectivity index is 1.41. The normalized spacial score (nSPS) is 12.5. The predicted molar refractivity (Wildman–Crippen MR) is 112 cm³/mol. The smallest absolute Gasteiger partial charge is 0.338 e. The van der Waals surface area contributed by atoms with E-state index in [1.54, 1.807) is 24.3 Å². The Morgan fingerprint density at radius 3 is 2.36 bits per heavy atom. The largest absolute Gasteiger partial charge is 0.452 e. The molecule has 4 rings (SSSR count). The minimum Gasteiger partial charge on any atom is -0.452 e. The Labute approximate surface area is 186 Å². The molecule has 1 heterocycles. The number of benzene rings is 3. The van der Waals surface area contributed by atoms with Crippen molar-refractivity contribution in [2.45, 2.75) is 6.54 Å². The van der Waals surface area contributed by atoms with Crippen LogP contribution in [-0.2, 0) is 16.1 Å². The van der Waals surface area contributed by atoms with E-state index in [1.165, 1.54) is 18.2 Å². The van der Waals surface area contributed by atoms with Crippen LogP contribution >= 0.6 is 0 Å². The number of anilines is 1. The van der Waals surface area contributed by atoms with E-state index in [1.807, 2.05) is 6.07 Å². The molecule has 0 saturated heterocycles. The number of nitrogens with one attached hydrogen (secondary N) is 1. The number of hydrogen-bond donors (Lipinski definition) is 1. The lowest BCUT2D eigenvalue weighted by Crippen LogP contribution is -2.29. The first-order valence-electron chi connectivity index (χ1n) is 9.79. The molecule has 166 valence electrons. The molecule has 0 aromatic heterocycles. The van der Waals surface area contributed by atoms with E-state index in [0.717, 1.165) is 28.7 Å². The van der Waals surface area contributed by atoms with Crippen molar-refractivity contribution < 1.29 is 32.7 Å². The third-order valence-corrected chi connectivity index (χ3v) is 4.93. The first kappa shape index (κ1) is 21.8. The lowest BCUT2D eigenvalue weighted by molar-refractivity contribution is -0.119. The Morgan fingerprint density at radius 2 is 1.61 bits per heavy atom. The molecule has 0 radical (unpaired) electrons. The van der Waals surface area contributed by atoms with Gasteiger partial charge in [0.15, 0.2) is 6.61 Å². The summed E-state index contributed by atoms with van der Waals surface area (Å²) in [6.07, 6.45) is 0. The van der Waals surface area contributed by atoms with Gasteiger partial charge in [0.25, 0.3) is 17.7 Å². The third kappa shape index (κ3) is 4.62. The molecule has 0 atom stereocenters. The molecule has 0 bridgehead atoms. The van der Waals surface area contributed by atoms with Gasteiger partial charge in [0.05, 0.1) is 28.9 Å². The van der Waals surface area contributed by atoms with E-state index in [0.29, 0.717) is 0 Å². The molecule has 0 fully saturated rings.